The number of hydrogen-bond donors (Lipinski definition) is 1. The van der Waals surface area contributed by atoms with Crippen LogP contribution in [0.5, 0.6) is 5.75 Å². The Morgan fingerprint density at radius 1 is 1.26 bits per heavy atom. The molecule has 4 heterocycles. The molecule has 0 saturated carbocycles. The number of aromatic nitrogens is 4. The first-order valence-corrected chi connectivity index (χ1v) is 11.3. The fraction of sp³-hybridized carbons (Fsp3) is 0.375. The molecule has 0 bridgehead atoms. The Labute approximate surface area is 203 Å². The number of nitriles is 2. The Morgan fingerprint density at radius 2 is 2.03 bits per heavy atom. The highest BCUT2D eigenvalue weighted by Gasteiger charge is 2.21. The lowest BCUT2D eigenvalue weighted by Gasteiger charge is -2.26. The van der Waals surface area contributed by atoms with Crippen LogP contribution in [0.2, 0.25) is 0 Å². The van der Waals surface area contributed by atoms with Crippen molar-refractivity contribution in [3.8, 4) is 18.0 Å². The van der Waals surface area contributed by atoms with Gasteiger partial charge in [0.2, 0.25) is 0 Å². The van der Waals surface area contributed by atoms with E-state index in [9.17, 15) is 5.26 Å². The van der Waals surface area contributed by atoms with Crippen LogP contribution in [-0.2, 0) is 0 Å². The molecule has 0 aliphatic carbocycles. The maximum atomic E-state index is 9.60. The lowest BCUT2D eigenvalue weighted by Crippen LogP contribution is -2.32. The van der Waals surface area contributed by atoms with Gasteiger partial charge in [-0.2, -0.15) is 30.9 Å². The molecular weight excluding hydrogens is 444 g/mol. The van der Waals surface area contributed by atoms with E-state index >= 15 is 0 Å². The Kier molecular flexibility index (Phi) is 6.88. The van der Waals surface area contributed by atoms with Gasteiger partial charge in [0.15, 0.2) is 6.19 Å². The summed E-state index contributed by atoms with van der Waals surface area (Å²) >= 11 is 0. The number of nitrogens with zero attached hydrogens (tertiary/aromatic N) is 9. The van der Waals surface area contributed by atoms with Crippen LogP contribution in [0.1, 0.15) is 55.2 Å². The second kappa shape index (κ2) is 10.2. The van der Waals surface area contributed by atoms with E-state index in [2.05, 4.69) is 32.7 Å². The molecular formula is C24H26N10O. The van der Waals surface area contributed by atoms with Gasteiger partial charge < -0.3 is 15.5 Å². The third-order valence-electron chi connectivity index (χ3n) is 5.96. The molecule has 1 fully saturated rings. The van der Waals surface area contributed by atoms with Gasteiger partial charge in [-0.25, -0.2) is 4.52 Å². The first kappa shape index (κ1) is 23.6. The Balaban J connectivity index is 1.69. The quantitative estimate of drug-likeness (QED) is 0.249. The summed E-state index contributed by atoms with van der Waals surface area (Å²) < 4.78 is 7.86. The monoisotopic (exact) mass is 470 g/mol. The standard InChI is InChI=1S/C24H26N10O/c1-15-8-21(32-28-11-15)17(3)35-22-9-18(13-34-24(22)19(10-25)12-29-34)23(31-27)16(2)30-20-4-6-33(14-26)7-5-20/h8-9,11-13,17,20H,4-7,27H2,1-3H3/b30-16?,31-23+. The first-order valence-electron chi connectivity index (χ1n) is 11.3. The molecule has 0 radical (unpaired) electrons. The van der Waals surface area contributed by atoms with Crippen LogP contribution in [0.3, 0.4) is 0 Å². The third-order valence-corrected chi connectivity index (χ3v) is 5.96. The molecule has 2 N–H and O–H groups in total. The van der Waals surface area contributed by atoms with Crippen molar-refractivity contribution < 1.29 is 4.74 Å². The molecule has 178 valence electrons. The van der Waals surface area contributed by atoms with Crippen molar-refractivity contribution in [2.24, 2.45) is 15.9 Å². The Morgan fingerprint density at radius 3 is 2.69 bits per heavy atom. The fourth-order valence-corrected chi connectivity index (χ4v) is 4.13. The maximum Gasteiger partial charge on any atom is 0.179 e. The lowest BCUT2D eigenvalue weighted by atomic mass is 10.0. The molecule has 0 spiro atoms. The van der Waals surface area contributed by atoms with Crippen LogP contribution in [0.4, 0.5) is 0 Å². The molecule has 11 nitrogen and oxygen atoms in total. The molecule has 1 aliphatic rings. The summed E-state index contributed by atoms with van der Waals surface area (Å²) in [6.07, 6.45) is 8.25. The molecule has 1 atom stereocenters. The number of rotatable bonds is 6. The smallest absolute Gasteiger partial charge is 0.179 e. The number of hydrazone groups is 1. The number of nitrogens with two attached hydrogens (primary N) is 1. The van der Waals surface area contributed by atoms with E-state index < -0.39 is 6.10 Å². The molecule has 1 aliphatic heterocycles. The average molecular weight is 471 g/mol. The van der Waals surface area contributed by atoms with Gasteiger partial charge in [-0.1, -0.05) is 0 Å². The average Bonchev–Trinajstić information content (AvgIpc) is 3.28. The van der Waals surface area contributed by atoms with E-state index in [4.69, 9.17) is 20.8 Å². The topological polar surface area (TPSA) is 154 Å². The predicted octanol–water partition coefficient (Wildman–Crippen LogP) is 2.51. The summed E-state index contributed by atoms with van der Waals surface area (Å²) in [6, 6.07) is 5.95. The van der Waals surface area contributed by atoms with Crippen LogP contribution < -0.4 is 10.6 Å². The number of pyridine rings is 1. The number of piperidine rings is 1. The van der Waals surface area contributed by atoms with Gasteiger partial charge in [0.25, 0.3) is 0 Å². The van der Waals surface area contributed by atoms with Gasteiger partial charge in [-0.05, 0) is 51.3 Å². The van der Waals surface area contributed by atoms with Gasteiger partial charge in [-0.3, -0.25) is 4.99 Å². The minimum Gasteiger partial charge on any atom is -0.482 e. The fourth-order valence-electron chi connectivity index (χ4n) is 4.13. The van der Waals surface area contributed by atoms with Gasteiger partial charge >= 0.3 is 0 Å². The minimum absolute atomic E-state index is 0.0885. The Hall–Kier alpha value is -4.51. The van der Waals surface area contributed by atoms with Crippen molar-refractivity contribution in [2.75, 3.05) is 13.1 Å². The summed E-state index contributed by atoms with van der Waals surface area (Å²) in [4.78, 5) is 6.57. The molecule has 0 amide bonds. The van der Waals surface area contributed by atoms with Gasteiger partial charge in [0.05, 0.1) is 24.1 Å². The SMILES string of the molecule is CC(=NC1CCN(C#N)CC1)/C(=N\N)c1cc(OC(C)c2cc(C)cnn2)c2c(C#N)cnn2c1. The number of fused-ring (bicyclic) bond motifs is 1. The second-order valence-electron chi connectivity index (χ2n) is 8.48. The van der Waals surface area contributed by atoms with E-state index in [0.717, 1.165) is 18.4 Å². The molecule has 1 unspecified atom stereocenters. The van der Waals surface area contributed by atoms with E-state index in [1.807, 2.05) is 26.8 Å². The van der Waals surface area contributed by atoms with Crippen molar-refractivity contribution in [3.05, 3.63) is 53.1 Å². The summed E-state index contributed by atoms with van der Waals surface area (Å²) in [5.41, 5.74) is 4.39. The maximum absolute atomic E-state index is 9.60. The van der Waals surface area contributed by atoms with E-state index in [0.29, 0.717) is 52.6 Å². The molecule has 1 saturated heterocycles. The number of aliphatic imine (C=N–C) groups is 1. The van der Waals surface area contributed by atoms with E-state index in [1.165, 1.54) is 6.20 Å². The highest BCUT2D eigenvalue weighted by molar-refractivity contribution is 6.47. The number of hydrogen-bond acceptors (Lipinski definition) is 10. The van der Waals surface area contributed by atoms with Crippen LogP contribution in [-0.4, -0.2) is 55.3 Å². The van der Waals surface area contributed by atoms with Crippen LogP contribution in [0.15, 0.2) is 40.8 Å². The second-order valence-corrected chi connectivity index (χ2v) is 8.48. The highest BCUT2D eigenvalue weighted by atomic mass is 16.5. The third kappa shape index (κ3) is 5.04. The Bertz CT molecular complexity index is 1370. The van der Waals surface area contributed by atoms with Gasteiger partial charge in [0.1, 0.15) is 40.4 Å². The van der Waals surface area contributed by atoms with Gasteiger partial charge in [0, 0.05) is 24.8 Å². The predicted molar refractivity (Wildman–Crippen MR) is 130 cm³/mol. The molecule has 4 rings (SSSR count). The van der Waals surface area contributed by atoms with E-state index in [1.54, 1.807) is 27.9 Å². The largest absolute Gasteiger partial charge is 0.482 e. The summed E-state index contributed by atoms with van der Waals surface area (Å²) in [5.74, 6) is 6.25. The first-order chi connectivity index (χ1) is 16.9. The van der Waals surface area contributed by atoms with Gasteiger partial charge in [-0.15, -0.1) is 0 Å². The van der Waals surface area contributed by atoms with Crippen molar-refractivity contribution in [2.45, 2.75) is 45.8 Å². The van der Waals surface area contributed by atoms with Crippen LogP contribution in [0.25, 0.3) is 5.52 Å². The van der Waals surface area contributed by atoms with Crippen molar-refractivity contribution in [1.29, 1.82) is 10.5 Å². The van der Waals surface area contributed by atoms with Crippen molar-refractivity contribution in [3.63, 3.8) is 0 Å². The van der Waals surface area contributed by atoms with E-state index in [-0.39, 0.29) is 6.04 Å². The summed E-state index contributed by atoms with van der Waals surface area (Å²) in [6.45, 7) is 7.03. The molecule has 0 aromatic carbocycles. The summed E-state index contributed by atoms with van der Waals surface area (Å²) in [5, 5.41) is 35.2. The normalized spacial score (nSPS) is 16.1. The van der Waals surface area contributed by atoms with Crippen molar-refractivity contribution >= 4 is 16.9 Å². The lowest BCUT2D eigenvalue weighted by molar-refractivity contribution is 0.222. The zero-order valence-electron chi connectivity index (χ0n) is 19.9. The summed E-state index contributed by atoms with van der Waals surface area (Å²) in [7, 11) is 0. The zero-order chi connectivity index (χ0) is 24.9. The van der Waals surface area contributed by atoms with Crippen molar-refractivity contribution in [1.82, 2.24) is 24.7 Å². The molecule has 35 heavy (non-hydrogen) atoms. The molecule has 3 aromatic rings. The number of aryl methyl sites for hydroxylation is 1. The van der Waals surface area contributed by atoms with Crippen LogP contribution >= 0.6 is 0 Å². The minimum atomic E-state index is -0.429. The highest BCUT2D eigenvalue weighted by Crippen LogP contribution is 2.29. The molecule has 11 heteroatoms. The zero-order valence-corrected chi connectivity index (χ0v) is 19.9. The number of ether oxygens (including phenoxy) is 1. The number of likely N-dealkylation sites (tertiary alicyclic amines) is 1. The molecule has 3 aromatic heterocycles. The van der Waals surface area contributed by atoms with Crippen LogP contribution in [0, 0.1) is 29.7 Å².